The number of ether oxygens (including phenoxy) is 2. The largest absolute Gasteiger partial charge is 0.497 e. The molecule has 5 aromatic rings. The minimum Gasteiger partial charge on any atom is -0.497 e. The van der Waals surface area contributed by atoms with E-state index in [2.05, 4.69) is 4.98 Å². The Morgan fingerprint density at radius 2 is 1.48 bits per heavy atom. The summed E-state index contributed by atoms with van der Waals surface area (Å²) >= 11 is 0. The second-order valence-corrected chi connectivity index (χ2v) is 9.71. The maximum Gasteiger partial charge on any atom is 0.301 e. The molecule has 1 aromatic heterocycles. The summed E-state index contributed by atoms with van der Waals surface area (Å²) in [5.74, 6) is 1.40. The number of nitro benzene ring substituents is 2. The molecule has 0 amide bonds. The minimum atomic E-state index is -0.647. The summed E-state index contributed by atoms with van der Waals surface area (Å²) in [6.07, 6.45) is 0.422. The highest BCUT2D eigenvalue weighted by molar-refractivity contribution is 6.05. The number of fused-ring (bicyclic) bond motifs is 1. The van der Waals surface area contributed by atoms with Gasteiger partial charge in [-0.05, 0) is 71.8 Å². The van der Waals surface area contributed by atoms with Crippen LogP contribution in [-0.2, 0) is 0 Å². The van der Waals surface area contributed by atoms with Crippen LogP contribution in [0.25, 0.3) is 22.2 Å². The Morgan fingerprint density at radius 1 is 0.833 bits per heavy atom. The van der Waals surface area contributed by atoms with Crippen LogP contribution in [0.3, 0.4) is 0 Å². The predicted molar refractivity (Wildman–Crippen MR) is 159 cm³/mol. The van der Waals surface area contributed by atoms with E-state index in [-0.39, 0.29) is 11.4 Å². The Kier molecular flexibility index (Phi) is 6.75. The van der Waals surface area contributed by atoms with Gasteiger partial charge in [0.1, 0.15) is 17.2 Å². The molecule has 0 saturated heterocycles. The number of benzene rings is 4. The SMILES string of the molecule is COc1ccc(C2=NN(c3ccc([N+](=O)[O-])cc3[N+](=O)[O-])C(c3c(-c4ccc(OC)cc4)[nH]c4ccccc34)C2)cc1. The summed E-state index contributed by atoms with van der Waals surface area (Å²) in [5, 5.41) is 31.1. The molecule has 0 bridgehead atoms. The normalized spacial score (nSPS) is 14.6. The third-order valence-corrected chi connectivity index (χ3v) is 7.41. The number of H-pyrrole nitrogens is 1. The Hall–Kier alpha value is -5.71. The third-order valence-electron chi connectivity index (χ3n) is 7.41. The highest BCUT2D eigenvalue weighted by Gasteiger charge is 2.37. The second-order valence-electron chi connectivity index (χ2n) is 9.71. The summed E-state index contributed by atoms with van der Waals surface area (Å²) in [6, 6.07) is 26.1. The highest BCUT2D eigenvalue weighted by Crippen LogP contribution is 2.46. The number of hydrogen-bond acceptors (Lipinski definition) is 8. The van der Waals surface area contributed by atoms with Gasteiger partial charge < -0.3 is 14.5 Å². The third kappa shape index (κ3) is 4.66. The molecule has 6 rings (SSSR count). The van der Waals surface area contributed by atoms with Crippen molar-refractivity contribution in [3.05, 3.63) is 122 Å². The van der Waals surface area contributed by atoms with E-state index < -0.39 is 21.6 Å². The number of aromatic nitrogens is 1. The Labute approximate surface area is 239 Å². The van der Waals surface area contributed by atoms with Crippen LogP contribution in [0.2, 0.25) is 0 Å². The zero-order valence-electron chi connectivity index (χ0n) is 22.7. The predicted octanol–water partition coefficient (Wildman–Crippen LogP) is 7.02. The van der Waals surface area contributed by atoms with Gasteiger partial charge in [0.05, 0.1) is 47.6 Å². The molecular weight excluding hydrogens is 538 g/mol. The van der Waals surface area contributed by atoms with Crippen molar-refractivity contribution in [2.45, 2.75) is 12.5 Å². The van der Waals surface area contributed by atoms with Crippen molar-refractivity contribution in [2.24, 2.45) is 5.10 Å². The molecular formula is C31H25N5O6. The molecule has 0 fully saturated rings. The lowest BCUT2D eigenvalue weighted by Gasteiger charge is -2.24. The average molecular weight is 564 g/mol. The first kappa shape index (κ1) is 26.5. The molecule has 0 radical (unpaired) electrons. The number of rotatable bonds is 8. The van der Waals surface area contributed by atoms with E-state index in [1.165, 1.54) is 12.1 Å². The summed E-state index contributed by atoms with van der Waals surface area (Å²) in [4.78, 5) is 25.9. The first-order valence-corrected chi connectivity index (χ1v) is 13.1. The van der Waals surface area contributed by atoms with Gasteiger partial charge in [0.2, 0.25) is 0 Å². The topological polar surface area (TPSA) is 136 Å². The van der Waals surface area contributed by atoms with Gasteiger partial charge in [-0.25, -0.2) is 0 Å². The molecule has 42 heavy (non-hydrogen) atoms. The molecule has 2 heterocycles. The van der Waals surface area contributed by atoms with E-state index in [1.807, 2.05) is 72.8 Å². The lowest BCUT2D eigenvalue weighted by molar-refractivity contribution is -0.393. The lowest BCUT2D eigenvalue weighted by atomic mass is 9.93. The molecule has 0 saturated carbocycles. The van der Waals surface area contributed by atoms with E-state index in [9.17, 15) is 20.2 Å². The maximum atomic E-state index is 12.2. The van der Waals surface area contributed by atoms with Crippen molar-refractivity contribution in [3.63, 3.8) is 0 Å². The van der Waals surface area contributed by atoms with Gasteiger partial charge in [-0.2, -0.15) is 5.10 Å². The molecule has 4 aromatic carbocycles. The van der Waals surface area contributed by atoms with Gasteiger partial charge >= 0.3 is 5.69 Å². The van der Waals surface area contributed by atoms with Crippen LogP contribution < -0.4 is 14.5 Å². The molecule has 1 atom stereocenters. The Morgan fingerprint density at radius 3 is 2.10 bits per heavy atom. The van der Waals surface area contributed by atoms with Gasteiger partial charge in [-0.15, -0.1) is 0 Å². The molecule has 210 valence electrons. The number of nitrogens with zero attached hydrogens (tertiary/aromatic N) is 4. The van der Waals surface area contributed by atoms with Crippen LogP contribution in [0.15, 0.2) is 96.1 Å². The first-order chi connectivity index (χ1) is 20.4. The summed E-state index contributed by atoms with van der Waals surface area (Å²) in [7, 11) is 3.19. The zero-order valence-corrected chi connectivity index (χ0v) is 22.7. The average Bonchev–Trinajstić information content (AvgIpc) is 3.62. The molecule has 1 N–H and O–H groups in total. The maximum absolute atomic E-state index is 12.2. The number of para-hydroxylation sites is 1. The van der Waals surface area contributed by atoms with Crippen LogP contribution in [-0.4, -0.2) is 34.8 Å². The fourth-order valence-electron chi connectivity index (χ4n) is 5.38. The molecule has 0 aliphatic carbocycles. The number of aromatic amines is 1. The van der Waals surface area contributed by atoms with Crippen LogP contribution in [0, 0.1) is 20.2 Å². The van der Waals surface area contributed by atoms with Crippen LogP contribution in [0.4, 0.5) is 17.1 Å². The molecule has 11 nitrogen and oxygen atoms in total. The molecule has 0 spiro atoms. The molecule has 1 aliphatic heterocycles. The first-order valence-electron chi connectivity index (χ1n) is 13.1. The Balaban J connectivity index is 1.57. The van der Waals surface area contributed by atoms with Crippen LogP contribution >= 0.6 is 0 Å². The van der Waals surface area contributed by atoms with Crippen molar-refractivity contribution in [3.8, 4) is 22.8 Å². The van der Waals surface area contributed by atoms with E-state index >= 15 is 0 Å². The summed E-state index contributed by atoms with van der Waals surface area (Å²) < 4.78 is 10.7. The number of anilines is 1. The molecule has 11 heteroatoms. The smallest absolute Gasteiger partial charge is 0.301 e. The number of non-ortho nitro benzene ring substituents is 1. The van der Waals surface area contributed by atoms with Gasteiger partial charge in [0.15, 0.2) is 0 Å². The van der Waals surface area contributed by atoms with Crippen molar-refractivity contribution < 1.29 is 19.3 Å². The number of hydrogen-bond donors (Lipinski definition) is 1. The van der Waals surface area contributed by atoms with E-state index in [1.54, 1.807) is 19.2 Å². The van der Waals surface area contributed by atoms with Crippen LogP contribution in [0.5, 0.6) is 11.5 Å². The van der Waals surface area contributed by atoms with Crippen molar-refractivity contribution >= 4 is 33.7 Å². The van der Waals surface area contributed by atoms with Crippen molar-refractivity contribution in [2.75, 3.05) is 19.2 Å². The molecule has 1 aliphatic rings. The fraction of sp³-hybridized carbons (Fsp3) is 0.129. The standard InChI is InChI=1S/C31H25N5O6/c1-41-22-12-7-19(8-13-22)26-18-29(34(33-26)27-16-11-21(35(37)38)17-28(27)36(39)40)30-24-5-3-4-6-25(24)32-31(30)20-9-14-23(42-2)15-10-20/h3-17,29,32H,18H2,1-2H3. The Bertz CT molecular complexity index is 1850. The fourth-order valence-corrected chi connectivity index (χ4v) is 5.38. The minimum absolute atomic E-state index is 0.157. The summed E-state index contributed by atoms with van der Waals surface area (Å²) in [5.41, 5.74) is 4.46. The number of hydrazone groups is 1. The van der Waals surface area contributed by atoms with Crippen LogP contribution in [0.1, 0.15) is 23.6 Å². The van der Waals surface area contributed by atoms with E-state index in [0.717, 1.165) is 39.4 Å². The summed E-state index contributed by atoms with van der Waals surface area (Å²) in [6.45, 7) is 0. The van der Waals surface area contributed by atoms with E-state index in [0.29, 0.717) is 23.6 Å². The number of nitrogens with one attached hydrogen (secondary N) is 1. The lowest BCUT2D eigenvalue weighted by Crippen LogP contribution is -2.20. The van der Waals surface area contributed by atoms with Gasteiger partial charge in [-0.1, -0.05) is 18.2 Å². The zero-order chi connectivity index (χ0) is 29.4. The van der Waals surface area contributed by atoms with Crippen molar-refractivity contribution in [1.82, 2.24) is 4.98 Å². The second kappa shape index (κ2) is 10.7. The van der Waals surface area contributed by atoms with Crippen molar-refractivity contribution in [1.29, 1.82) is 0 Å². The van der Waals surface area contributed by atoms with E-state index in [4.69, 9.17) is 14.6 Å². The monoisotopic (exact) mass is 563 g/mol. The number of methoxy groups -OCH3 is 2. The van der Waals surface area contributed by atoms with Gasteiger partial charge in [-0.3, -0.25) is 25.2 Å². The highest BCUT2D eigenvalue weighted by atomic mass is 16.6. The number of nitro groups is 2. The quantitative estimate of drug-likeness (QED) is 0.158. The molecule has 1 unspecified atom stereocenters. The van der Waals surface area contributed by atoms with Gasteiger partial charge in [0.25, 0.3) is 5.69 Å². The van der Waals surface area contributed by atoms with Gasteiger partial charge in [0, 0.05) is 29.0 Å².